The van der Waals surface area contributed by atoms with Crippen molar-refractivity contribution in [2.75, 3.05) is 0 Å². The fourth-order valence-corrected chi connectivity index (χ4v) is 8.60. The number of hydrogen-bond donors (Lipinski definition) is 0. The molecule has 5 aliphatic carbocycles. The van der Waals surface area contributed by atoms with Crippen LogP contribution in [0.3, 0.4) is 0 Å². The van der Waals surface area contributed by atoms with Crippen LogP contribution in [0.2, 0.25) is 0 Å². The Morgan fingerprint density at radius 2 is 1.41 bits per heavy atom. The molecule has 3 fully saturated rings. The molecule has 1 spiro atoms. The summed E-state index contributed by atoms with van der Waals surface area (Å²) in [4.78, 5) is 0. The molecule has 0 aromatic heterocycles. The lowest BCUT2D eigenvalue weighted by atomic mass is 9.57. The average molecular weight is 353 g/mol. The zero-order valence-electron chi connectivity index (χ0n) is 16.2. The van der Waals surface area contributed by atoms with Crippen LogP contribution in [-0.2, 0) is 5.41 Å². The summed E-state index contributed by atoms with van der Waals surface area (Å²) in [5, 5.41) is 0. The van der Waals surface area contributed by atoms with E-state index in [0.29, 0.717) is 10.8 Å². The van der Waals surface area contributed by atoms with Crippen molar-refractivity contribution in [2.45, 2.75) is 44.4 Å². The molecule has 0 heterocycles. The molecule has 2 aromatic carbocycles. The normalized spacial score (nSPS) is 41.4. The highest BCUT2D eigenvalue weighted by molar-refractivity contribution is 5.81. The van der Waals surface area contributed by atoms with E-state index in [1.807, 2.05) is 0 Å². The van der Waals surface area contributed by atoms with E-state index in [1.165, 1.54) is 43.2 Å². The second kappa shape index (κ2) is 4.77. The lowest BCUT2D eigenvalue weighted by Gasteiger charge is -2.47. The van der Waals surface area contributed by atoms with Crippen molar-refractivity contribution in [2.24, 2.45) is 35.0 Å². The van der Waals surface area contributed by atoms with Gasteiger partial charge in [0.05, 0.1) is 0 Å². The third-order valence-corrected chi connectivity index (χ3v) is 9.65. The van der Waals surface area contributed by atoms with Crippen LogP contribution < -0.4 is 0 Å². The Balaban J connectivity index is 1.35. The number of rotatable bonds is 0. The van der Waals surface area contributed by atoms with Gasteiger partial charge in [-0.2, -0.15) is 0 Å². The fraction of sp³-hybridized carbons (Fsp3) is 0.481. The van der Waals surface area contributed by atoms with Gasteiger partial charge in [-0.05, 0) is 89.4 Å². The van der Waals surface area contributed by atoms with Crippen LogP contribution in [-0.4, -0.2) is 0 Å². The van der Waals surface area contributed by atoms with Gasteiger partial charge in [0, 0.05) is 5.41 Å². The summed E-state index contributed by atoms with van der Waals surface area (Å²) in [5.41, 5.74) is 7.18. The largest absolute Gasteiger partial charge is 0.0848 e. The predicted octanol–water partition coefficient (Wildman–Crippen LogP) is 6.60. The van der Waals surface area contributed by atoms with E-state index in [2.05, 4.69) is 67.6 Å². The number of hydrogen-bond acceptors (Lipinski definition) is 0. The quantitative estimate of drug-likeness (QED) is 0.468. The van der Waals surface area contributed by atoms with Crippen molar-refractivity contribution >= 4 is 0 Å². The Labute approximate surface area is 162 Å². The zero-order valence-corrected chi connectivity index (χ0v) is 16.2. The van der Waals surface area contributed by atoms with Crippen molar-refractivity contribution in [3.05, 3.63) is 71.8 Å². The highest BCUT2D eigenvalue weighted by Gasteiger charge is 2.61. The SMILES string of the molecule is CC12CC3CC4(CC3CC1C1C=CC2C1)c1ccccc1-c1ccccc14. The Hall–Kier alpha value is -1.82. The third kappa shape index (κ3) is 1.68. The Morgan fingerprint density at radius 1 is 0.741 bits per heavy atom. The maximum absolute atomic E-state index is 2.64. The molecular weight excluding hydrogens is 324 g/mol. The standard InChI is InChI=1S/C27H28/c1-26-14-19-16-27(15-18(19)13-25(26)17-10-11-20(26)12-17)23-8-4-2-6-21(23)22-7-3-5-9-24(22)27/h2-11,17-20,25H,12-16H2,1H3. The van der Waals surface area contributed by atoms with Crippen LogP contribution in [0.5, 0.6) is 0 Å². The molecule has 3 saturated carbocycles. The highest BCUT2D eigenvalue weighted by atomic mass is 14.7. The summed E-state index contributed by atoms with van der Waals surface area (Å²) in [6.07, 6.45) is 12.3. The molecule has 0 saturated heterocycles. The minimum Gasteiger partial charge on any atom is -0.0848 e. The van der Waals surface area contributed by atoms with Gasteiger partial charge in [-0.25, -0.2) is 0 Å². The van der Waals surface area contributed by atoms with E-state index in [1.54, 1.807) is 11.1 Å². The molecule has 0 nitrogen and oxygen atoms in total. The highest BCUT2D eigenvalue weighted by Crippen LogP contribution is 2.70. The molecule has 2 aromatic rings. The molecule has 2 bridgehead atoms. The van der Waals surface area contributed by atoms with Gasteiger partial charge in [-0.15, -0.1) is 0 Å². The first-order chi connectivity index (χ1) is 13.2. The van der Waals surface area contributed by atoms with Gasteiger partial charge in [-0.3, -0.25) is 0 Å². The Kier molecular flexibility index (Phi) is 2.68. The zero-order chi connectivity index (χ0) is 17.8. The molecule has 0 N–H and O–H groups in total. The number of benzene rings is 2. The molecule has 7 rings (SSSR count). The first-order valence-corrected chi connectivity index (χ1v) is 11.1. The van der Waals surface area contributed by atoms with E-state index in [-0.39, 0.29) is 0 Å². The van der Waals surface area contributed by atoms with Crippen LogP contribution in [0.15, 0.2) is 60.7 Å². The summed E-state index contributed by atoms with van der Waals surface area (Å²) in [6.45, 7) is 2.64. The van der Waals surface area contributed by atoms with Crippen molar-refractivity contribution in [3.63, 3.8) is 0 Å². The minimum atomic E-state index is 0.296. The second-order valence-electron chi connectivity index (χ2n) is 10.5. The van der Waals surface area contributed by atoms with Gasteiger partial charge in [0.1, 0.15) is 0 Å². The van der Waals surface area contributed by atoms with Gasteiger partial charge in [0.15, 0.2) is 0 Å². The Morgan fingerprint density at radius 3 is 2.15 bits per heavy atom. The van der Waals surface area contributed by atoms with E-state index in [4.69, 9.17) is 0 Å². The van der Waals surface area contributed by atoms with Crippen molar-refractivity contribution in [1.82, 2.24) is 0 Å². The maximum atomic E-state index is 2.64. The van der Waals surface area contributed by atoms with Crippen LogP contribution in [0.4, 0.5) is 0 Å². The number of fused-ring (bicyclic) bond motifs is 11. The Bertz CT molecular complexity index is 936. The van der Waals surface area contributed by atoms with Crippen LogP contribution in [0.25, 0.3) is 11.1 Å². The predicted molar refractivity (Wildman–Crippen MR) is 110 cm³/mol. The smallest absolute Gasteiger partial charge is 0.0220 e. The van der Waals surface area contributed by atoms with E-state index >= 15 is 0 Å². The van der Waals surface area contributed by atoms with Gasteiger partial charge in [0.25, 0.3) is 0 Å². The first kappa shape index (κ1) is 15.1. The average Bonchev–Trinajstić information content (AvgIpc) is 3.42. The molecule has 6 unspecified atom stereocenters. The molecular formula is C27H28. The van der Waals surface area contributed by atoms with Gasteiger partial charge < -0.3 is 0 Å². The summed E-state index contributed by atoms with van der Waals surface area (Å²) < 4.78 is 0. The van der Waals surface area contributed by atoms with Crippen LogP contribution in [0, 0.1) is 35.0 Å². The maximum Gasteiger partial charge on any atom is 0.0220 e. The molecule has 0 amide bonds. The van der Waals surface area contributed by atoms with Crippen LogP contribution >= 0.6 is 0 Å². The molecule has 6 atom stereocenters. The minimum absolute atomic E-state index is 0.296. The van der Waals surface area contributed by atoms with E-state index in [9.17, 15) is 0 Å². The molecule has 136 valence electrons. The lowest BCUT2D eigenvalue weighted by molar-refractivity contribution is 0.0361. The summed E-state index contributed by atoms with van der Waals surface area (Å²) in [7, 11) is 0. The first-order valence-electron chi connectivity index (χ1n) is 11.1. The summed E-state index contributed by atoms with van der Waals surface area (Å²) in [5.74, 6) is 4.55. The third-order valence-electron chi connectivity index (χ3n) is 9.65. The topological polar surface area (TPSA) is 0 Å². The summed E-state index contributed by atoms with van der Waals surface area (Å²) in [6, 6.07) is 18.6. The molecule has 5 aliphatic rings. The monoisotopic (exact) mass is 352 g/mol. The molecule has 0 heteroatoms. The van der Waals surface area contributed by atoms with Crippen LogP contribution in [0.1, 0.15) is 50.2 Å². The van der Waals surface area contributed by atoms with Crippen molar-refractivity contribution in [3.8, 4) is 11.1 Å². The summed E-state index contributed by atoms with van der Waals surface area (Å²) >= 11 is 0. The van der Waals surface area contributed by atoms with Gasteiger partial charge in [-0.1, -0.05) is 67.6 Å². The van der Waals surface area contributed by atoms with E-state index < -0.39 is 0 Å². The van der Waals surface area contributed by atoms with Gasteiger partial charge >= 0.3 is 0 Å². The van der Waals surface area contributed by atoms with Crippen molar-refractivity contribution < 1.29 is 0 Å². The lowest BCUT2D eigenvalue weighted by Crippen LogP contribution is -2.40. The second-order valence-corrected chi connectivity index (χ2v) is 10.5. The fourth-order valence-electron chi connectivity index (χ4n) is 8.60. The molecule has 0 aliphatic heterocycles. The van der Waals surface area contributed by atoms with Gasteiger partial charge in [0.2, 0.25) is 0 Å². The van der Waals surface area contributed by atoms with E-state index in [0.717, 1.165) is 29.6 Å². The molecule has 0 radical (unpaired) electrons. The number of allylic oxidation sites excluding steroid dienone is 2. The van der Waals surface area contributed by atoms with Crippen molar-refractivity contribution in [1.29, 1.82) is 0 Å². The molecule has 27 heavy (non-hydrogen) atoms.